The van der Waals surface area contributed by atoms with Gasteiger partial charge in [-0.25, -0.2) is 0 Å². The second kappa shape index (κ2) is 5.83. The van der Waals surface area contributed by atoms with Crippen LogP contribution in [0.25, 0.3) is 0 Å². The number of benzene rings is 1. The monoisotopic (exact) mass is 260 g/mol. The summed E-state index contributed by atoms with van der Waals surface area (Å²) in [4.78, 5) is 12.9. The van der Waals surface area contributed by atoms with E-state index in [4.69, 9.17) is 0 Å². The molecule has 0 saturated carbocycles. The van der Waals surface area contributed by atoms with Crippen LogP contribution in [0.4, 0.5) is 0 Å². The van der Waals surface area contributed by atoms with Gasteiger partial charge in [0.05, 0.1) is 4.88 Å². The molecule has 1 aromatic carbocycles. The van der Waals surface area contributed by atoms with Crippen molar-refractivity contribution in [3.05, 3.63) is 51.7 Å². The van der Waals surface area contributed by atoms with Gasteiger partial charge in [-0.3, -0.25) is 4.79 Å². The number of aryl methyl sites for hydroxylation is 1. The Morgan fingerprint density at radius 1 is 1.33 bits per heavy atom. The van der Waals surface area contributed by atoms with Crippen LogP contribution in [-0.4, -0.2) is 10.9 Å². The maximum atomic E-state index is 12.2. The molecule has 0 spiro atoms. The molecule has 2 nitrogen and oxygen atoms in total. The van der Waals surface area contributed by atoms with Crippen LogP contribution in [0.1, 0.15) is 40.6 Å². The summed E-state index contributed by atoms with van der Waals surface area (Å²) in [5.41, 5.74) is 1.51. The molecule has 0 fully saturated rings. The van der Waals surface area contributed by atoms with E-state index in [9.17, 15) is 9.90 Å². The minimum atomic E-state index is 0.0303. The van der Waals surface area contributed by atoms with Gasteiger partial charge in [-0.2, -0.15) is 0 Å². The van der Waals surface area contributed by atoms with Crippen LogP contribution < -0.4 is 0 Å². The number of hydrogen-bond acceptors (Lipinski definition) is 3. The molecule has 1 aromatic heterocycles. The van der Waals surface area contributed by atoms with Crippen molar-refractivity contribution in [3.63, 3.8) is 0 Å². The van der Waals surface area contributed by atoms with E-state index in [0.29, 0.717) is 5.56 Å². The first-order valence-electron chi connectivity index (χ1n) is 6.12. The van der Waals surface area contributed by atoms with E-state index in [1.165, 1.54) is 11.3 Å². The van der Waals surface area contributed by atoms with Gasteiger partial charge in [0.2, 0.25) is 5.78 Å². The van der Waals surface area contributed by atoms with Crippen LogP contribution in [0, 0.1) is 0 Å². The molecule has 0 unspecified atom stereocenters. The molecule has 0 radical (unpaired) electrons. The lowest BCUT2D eigenvalue weighted by Gasteiger charge is -2.06. The number of ketones is 1. The van der Waals surface area contributed by atoms with Gasteiger partial charge in [0.1, 0.15) is 5.75 Å². The number of hydrogen-bond donors (Lipinski definition) is 1. The summed E-state index contributed by atoms with van der Waals surface area (Å²) in [5, 5.41) is 11.7. The Kier molecular flexibility index (Phi) is 4.15. The van der Waals surface area contributed by atoms with E-state index in [2.05, 4.69) is 6.92 Å². The zero-order chi connectivity index (χ0) is 13.0. The molecular formula is C15H16O2S. The van der Waals surface area contributed by atoms with Crippen molar-refractivity contribution in [1.29, 1.82) is 0 Å². The standard InChI is InChI=1S/C15H16O2S/c1-2-3-5-11-10-12(7-8-13(11)16)15(17)14-6-4-9-18-14/h4,6-10,16H,2-3,5H2,1H3. The van der Waals surface area contributed by atoms with Crippen molar-refractivity contribution in [2.75, 3.05) is 0 Å². The van der Waals surface area contributed by atoms with Gasteiger partial charge < -0.3 is 5.11 Å². The summed E-state index contributed by atoms with van der Waals surface area (Å²) in [6.07, 6.45) is 2.90. The Morgan fingerprint density at radius 2 is 2.17 bits per heavy atom. The number of thiophene rings is 1. The molecule has 18 heavy (non-hydrogen) atoms. The smallest absolute Gasteiger partial charge is 0.202 e. The Balaban J connectivity index is 2.26. The number of carbonyl (C=O) groups excluding carboxylic acids is 1. The topological polar surface area (TPSA) is 37.3 Å². The van der Waals surface area contributed by atoms with E-state index in [-0.39, 0.29) is 11.5 Å². The third-order valence-electron chi connectivity index (χ3n) is 2.89. The molecule has 3 heteroatoms. The number of phenolic OH excluding ortho intramolecular Hbond substituents is 1. The summed E-state index contributed by atoms with van der Waals surface area (Å²) >= 11 is 1.44. The van der Waals surface area contributed by atoms with E-state index in [0.717, 1.165) is 29.7 Å². The highest BCUT2D eigenvalue weighted by Crippen LogP contribution is 2.23. The lowest BCUT2D eigenvalue weighted by atomic mass is 10.0. The highest BCUT2D eigenvalue weighted by Gasteiger charge is 2.12. The first-order valence-corrected chi connectivity index (χ1v) is 7.00. The molecule has 1 heterocycles. The van der Waals surface area contributed by atoms with Crippen LogP contribution in [0.3, 0.4) is 0 Å². The molecule has 0 atom stereocenters. The van der Waals surface area contributed by atoms with Crippen LogP contribution in [0.2, 0.25) is 0 Å². The van der Waals surface area contributed by atoms with Gasteiger partial charge in [0.25, 0.3) is 0 Å². The van der Waals surface area contributed by atoms with Crippen LogP contribution >= 0.6 is 11.3 Å². The summed E-state index contributed by atoms with van der Waals surface area (Å²) in [5.74, 6) is 0.314. The number of carbonyl (C=O) groups is 1. The molecule has 0 amide bonds. The molecule has 2 aromatic rings. The fourth-order valence-corrected chi connectivity index (χ4v) is 2.53. The third-order valence-corrected chi connectivity index (χ3v) is 3.75. The maximum Gasteiger partial charge on any atom is 0.202 e. The minimum Gasteiger partial charge on any atom is -0.508 e. The molecule has 2 rings (SSSR count). The lowest BCUT2D eigenvalue weighted by molar-refractivity contribution is 0.104. The van der Waals surface area contributed by atoms with Gasteiger partial charge in [-0.1, -0.05) is 19.4 Å². The van der Waals surface area contributed by atoms with E-state index < -0.39 is 0 Å². The predicted octanol–water partition coefficient (Wildman–Crippen LogP) is 4.03. The Labute approximate surface area is 111 Å². The van der Waals surface area contributed by atoms with Crippen molar-refractivity contribution in [2.24, 2.45) is 0 Å². The van der Waals surface area contributed by atoms with Crippen molar-refractivity contribution in [1.82, 2.24) is 0 Å². The molecule has 0 aliphatic heterocycles. The summed E-state index contributed by atoms with van der Waals surface area (Å²) in [6, 6.07) is 8.81. The second-order valence-electron chi connectivity index (χ2n) is 4.25. The van der Waals surface area contributed by atoms with Crippen molar-refractivity contribution in [3.8, 4) is 5.75 Å². The minimum absolute atomic E-state index is 0.0303. The quantitative estimate of drug-likeness (QED) is 0.824. The van der Waals surface area contributed by atoms with Gasteiger partial charge in [0.15, 0.2) is 0 Å². The average molecular weight is 260 g/mol. The van der Waals surface area contributed by atoms with Crippen LogP contribution in [0.5, 0.6) is 5.75 Å². The molecule has 0 aliphatic carbocycles. The molecule has 0 aliphatic rings. The Morgan fingerprint density at radius 3 is 2.83 bits per heavy atom. The number of rotatable bonds is 5. The molecule has 0 saturated heterocycles. The van der Waals surface area contributed by atoms with E-state index in [1.54, 1.807) is 12.1 Å². The fourth-order valence-electron chi connectivity index (χ4n) is 1.84. The second-order valence-corrected chi connectivity index (χ2v) is 5.20. The Hall–Kier alpha value is -1.61. The first kappa shape index (κ1) is 12.8. The molecule has 1 N–H and O–H groups in total. The van der Waals surface area contributed by atoms with Crippen molar-refractivity contribution < 1.29 is 9.90 Å². The SMILES string of the molecule is CCCCc1cc(C(=O)c2cccs2)ccc1O. The summed E-state index contributed by atoms with van der Waals surface area (Å²) < 4.78 is 0. The van der Waals surface area contributed by atoms with Crippen LogP contribution in [0.15, 0.2) is 35.7 Å². The third kappa shape index (κ3) is 2.79. The fraction of sp³-hybridized carbons (Fsp3) is 0.267. The lowest BCUT2D eigenvalue weighted by Crippen LogP contribution is -2.00. The average Bonchev–Trinajstić information content (AvgIpc) is 2.91. The summed E-state index contributed by atoms with van der Waals surface area (Å²) in [6.45, 7) is 2.11. The van der Waals surface area contributed by atoms with Crippen molar-refractivity contribution in [2.45, 2.75) is 26.2 Å². The van der Waals surface area contributed by atoms with Gasteiger partial charge >= 0.3 is 0 Å². The van der Waals surface area contributed by atoms with Gasteiger partial charge in [-0.05, 0) is 48.1 Å². The number of unbranched alkanes of at least 4 members (excludes halogenated alkanes) is 1. The van der Waals surface area contributed by atoms with Gasteiger partial charge in [0, 0.05) is 5.56 Å². The normalized spacial score (nSPS) is 10.5. The predicted molar refractivity (Wildman–Crippen MR) is 74.5 cm³/mol. The number of phenols is 1. The molecule has 0 bridgehead atoms. The molecular weight excluding hydrogens is 244 g/mol. The molecule has 94 valence electrons. The van der Waals surface area contributed by atoms with Crippen molar-refractivity contribution >= 4 is 17.1 Å². The highest BCUT2D eigenvalue weighted by molar-refractivity contribution is 7.12. The Bertz CT molecular complexity index is 529. The largest absolute Gasteiger partial charge is 0.508 e. The van der Waals surface area contributed by atoms with Crippen LogP contribution in [-0.2, 0) is 6.42 Å². The summed E-state index contributed by atoms with van der Waals surface area (Å²) in [7, 11) is 0. The first-order chi connectivity index (χ1) is 8.72. The zero-order valence-electron chi connectivity index (χ0n) is 10.3. The zero-order valence-corrected chi connectivity index (χ0v) is 11.2. The van der Waals surface area contributed by atoms with Gasteiger partial charge in [-0.15, -0.1) is 11.3 Å². The number of aromatic hydroxyl groups is 1. The van der Waals surface area contributed by atoms with E-state index >= 15 is 0 Å². The maximum absolute atomic E-state index is 12.2. The highest BCUT2D eigenvalue weighted by atomic mass is 32.1. The van der Waals surface area contributed by atoms with E-state index in [1.807, 2.05) is 23.6 Å².